The zero-order valence-corrected chi connectivity index (χ0v) is 12.3. The van der Waals surface area contributed by atoms with Crippen LogP contribution in [0.1, 0.15) is 56.8 Å². The van der Waals surface area contributed by atoms with E-state index in [0.29, 0.717) is 12.3 Å². The van der Waals surface area contributed by atoms with E-state index in [4.69, 9.17) is 5.11 Å². The molecular formula is C16H27NO2. The molecule has 3 nitrogen and oxygen atoms in total. The third-order valence-electron chi connectivity index (χ3n) is 3.73. The van der Waals surface area contributed by atoms with Crippen LogP contribution in [-0.4, -0.2) is 29.4 Å². The Bertz CT molecular complexity index is 350. The fourth-order valence-electron chi connectivity index (χ4n) is 2.07. The van der Waals surface area contributed by atoms with E-state index in [2.05, 4.69) is 31.3 Å². The van der Waals surface area contributed by atoms with Gasteiger partial charge in [-0.3, -0.25) is 0 Å². The van der Waals surface area contributed by atoms with Crippen LogP contribution in [0.25, 0.3) is 0 Å². The van der Waals surface area contributed by atoms with Crippen LogP contribution in [-0.2, 0) is 0 Å². The van der Waals surface area contributed by atoms with Crippen molar-refractivity contribution in [3.05, 3.63) is 35.4 Å². The maximum Gasteiger partial charge on any atom is 0.0940 e. The highest BCUT2D eigenvalue weighted by Crippen LogP contribution is 2.22. The molecule has 0 spiro atoms. The summed E-state index contributed by atoms with van der Waals surface area (Å²) in [6, 6.07) is 8.22. The first-order valence-corrected chi connectivity index (χ1v) is 7.22. The van der Waals surface area contributed by atoms with Gasteiger partial charge in [-0.25, -0.2) is 0 Å². The Morgan fingerprint density at radius 3 is 2.21 bits per heavy atom. The highest BCUT2D eigenvalue weighted by molar-refractivity contribution is 5.27. The number of hydrogen-bond donors (Lipinski definition) is 3. The van der Waals surface area contributed by atoms with Gasteiger partial charge in [0.2, 0.25) is 0 Å². The first kappa shape index (κ1) is 16.2. The average Bonchev–Trinajstić information content (AvgIpc) is 2.46. The standard InChI is InChI=1S/C16H27NO2/c1-4-12(2)14-6-8-15(9-7-14)16(19)13(3)17-10-5-11-18/h6-9,12-13,16-19H,4-5,10-11H2,1-3H3. The Morgan fingerprint density at radius 2 is 1.68 bits per heavy atom. The van der Waals surface area contributed by atoms with Gasteiger partial charge in [-0.15, -0.1) is 0 Å². The number of nitrogens with one attached hydrogen (secondary N) is 1. The van der Waals surface area contributed by atoms with Crippen LogP contribution in [0.15, 0.2) is 24.3 Å². The van der Waals surface area contributed by atoms with Crippen LogP contribution in [0.4, 0.5) is 0 Å². The molecule has 3 heteroatoms. The first-order chi connectivity index (χ1) is 9.10. The van der Waals surface area contributed by atoms with Crippen LogP contribution in [0, 0.1) is 0 Å². The number of hydrogen-bond acceptors (Lipinski definition) is 3. The number of aliphatic hydroxyl groups excluding tert-OH is 2. The van der Waals surface area contributed by atoms with Crippen LogP contribution in [0.5, 0.6) is 0 Å². The normalized spacial score (nSPS) is 16.1. The SMILES string of the molecule is CCC(C)c1ccc(C(O)C(C)NCCCO)cc1. The molecule has 0 aliphatic rings. The fraction of sp³-hybridized carbons (Fsp3) is 0.625. The molecule has 0 saturated heterocycles. The molecule has 1 aromatic rings. The van der Waals surface area contributed by atoms with Gasteiger partial charge in [0.15, 0.2) is 0 Å². The third-order valence-corrected chi connectivity index (χ3v) is 3.73. The molecule has 0 aliphatic heterocycles. The average molecular weight is 265 g/mol. The summed E-state index contributed by atoms with van der Waals surface area (Å²) in [7, 11) is 0. The summed E-state index contributed by atoms with van der Waals surface area (Å²) >= 11 is 0. The van der Waals surface area contributed by atoms with E-state index in [1.165, 1.54) is 5.56 Å². The molecule has 108 valence electrons. The quantitative estimate of drug-likeness (QED) is 0.633. The molecule has 0 saturated carbocycles. The minimum Gasteiger partial charge on any atom is -0.396 e. The number of benzene rings is 1. The zero-order valence-electron chi connectivity index (χ0n) is 12.3. The van der Waals surface area contributed by atoms with Crippen molar-refractivity contribution in [3.8, 4) is 0 Å². The molecule has 0 amide bonds. The van der Waals surface area contributed by atoms with Crippen molar-refractivity contribution in [2.45, 2.75) is 51.7 Å². The van der Waals surface area contributed by atoms with E-state index in [1.54, 1.807) is 0 Å². The Morgan fingerprint density at radius 1 is 1.11 bits per heavy atom. The second kappa shape index (κ2) is 8.31. The molecule has 3 N–H and O–H groups in total. The van der Waals surface area contributed by atoms with Crippen molar-refractivity contribution in [2.75, 3.05) is 13.2 Å². The van der Waals surface area contributed by atoms with Crippen molar-refractivity contribution in [1.29, 1.82) is 0 Å². The molecule has 0 fully saturated rings. The lowest BCUT2D eigenvalue weighted by atomic mass is 9.95. The summed E-state index contributed by atoms with van der Waals surface area (Å²) in [6.07, 6.45) is 1.33. The molecule has 0 bridgehead atoms. The maximum atomic E-state index is 10.3. The van der Waals surface area contributed by atoms with Gasteiger partial charge in [-0.05, 0) is 43.4 Å². The molecule has 0 aliphatic carbocycles. The van der Waals surface area contributed by atoms with Crippen LogP contribution < -0.4 is 5.32 Å². The molecule has 1 aromatic carbocycles. The maximum absolute atomic E-state index is 10.3. The molecule has 19 heavy (non-hydrogen) atoms. The largest absolute Gasteiger partial charge is 0.396 e. The van der Waals surface area contributed by atoms with Gasteiger partial charge in [-0.1, -0.05) is 38.1 Å². The minimum atomic E-state index is -0.510. The monoisotopic (exact) mass is 265 g/mol. The second-order valence-electron chi connectivity index (χ2n) is 5.24. The van der Waals surface area contributed by atoms with Gasteiger partial charge in [0.25, 0.3) is 0 Å². The van der Waals surface area contributed by atoms with E-state index in [9.17, 15) is 5.11 Å². The molecular weight excluding hydrogens is 238 g/mol. The Labute approximate surface area is 116 Å². The van der Waals surface area contributed by atoms with Crippen molar-refractivity contribution in [3.63, 3.8) is 0 Å². The molecule has 0 aromatic heterocycles. The van der Waals surface area contributed by atoms with Crippen LogP contribution >= 0.6 is 0 Å². The van der Waals surface area contributed by atoms with Crippen molar-refractivity contribution >= 4 is 0 Å². The van der Waals surface area contributed by atoms with Crippen molar-refractivity contribution in [1.82, 2.24) is 5.32 Å². The summed E-state index contributed by atoms with van der Waals surface area (Å²) < 4.78 is 0. The molecule has 3 atom stereocenters. The van der Waals surface area contributed by atoms with E-state index in [0.717, 1.165) is 18.5 Å². The molecule has 1 rings (SSSR count). The topological polar surface area (TPSA) is 52.5 Å². The smallest absolute Gasteiger partial charge is 0.0940 e. The zero-order chi connectivity index (χ0) is 14.3. The lowest BCUT2D eigenvalue weighted by Crippen LogP contribution is -2.33. The third kappa shape index (κ3) is 4.94. The fourth-order valence-corrected chi connectivity index (χ4v) is 2.07. The van der Waals surface area contributed by atoms with Gasteiger partial charge in [0.05, 0.1) is 6.10 Å². The Kier molecular flexibility index (Phi) is 7.06. The highest BCUT2D eigenvalue weighted by Gasteiger charge is 2.15. The van der Waals surface area contributed by atoms with Gasteiger partial charge in [-0.2, -0.15) is 0 Å². The summed E-state index contributed by atoms with van der Waals surface area (Å²) in [5.74, 6) is 0.561. The first-order valence-electron chi connectivity index (χ1n) is 7.22. The van der Waals surface area contributed by atoms with E-state index < -0.39 is 6.10 Å². The number of rotatable bonds is 8. The van der Waals surface area contributed by atoms with E-state index in [-0.39, 0.29) is 12.6 Å². The second-order valence-corrected chi connectivity index (χ2v) is 5.24. The van der Waals surface area contributed by atoms with Crippen LogP contribution in [0.3, 0.4) is 0 Å². The van der Waals surface area contributed by atoms with Gasteiger partial charge in [0, 0.05) is 12.6 Å². The highest BCUT2D eigenvalue weighted by atomic mass is 16.3. The lowest BCUT2D eigenvalue weighted by Gasteiger charge is -2.21. The Balaban J connectivity index is 2.59. The summed E-state index contributed by atoms with van der Waals surface area (Å²) in [5.41, 5.74) is 2.26. The molecule has 0 radical (unpaired) electrons. The number of aliphatic hydroxyl groups is 2. The van der Waals surface area contributed by atoms with Crippen LogP contribution in [0.2, 0.25) is 0 Å². The summed E-state index contributed by atoms with van der Waals surface area (Å²) in [4.78, 5) is 0. The predicted octanol–water partition coefficient (Wildman–Crippen LogP) is 2.59. The van der Waals surface area contributed by atoms with Gasteiger partial charge >= 0.3 is 0 Å². The van der Waals surface area contributed by atoms with Crippen molar-refractivity contribution in [2.24, 2.45) is 0 Å². The minimum absolute atomic E-state index is 0.0130. The van der Waals surface area contributed by atoms with Crippen molar-refractivity contribution < 1.29 is 10.2 Å². The summed E-state index contributed by atoms with van der Waals surface area (Å²) in [5, 5.41) is 22.2. The van der Waals surface area contributed by atoms with E-state index >= 15 is 0 Å². The van der Waals surface area contributed by atoms with Gasteiger partial charge in [0.1, 0.15) is 0 Å². The van der Waals surface area contributed by atoms with E-state index in [1.807, 2.05) is 19.1 Å². The molecule has 3 unspecified atom stereocenters. The molecule has 0 heterocycles. The summed E-state index contributed by atoms with van der Waals surface area (Å²) in [6.45, 7) is 7.26. The predicted molar refractivity (Wildman–Crippen MR) is 79.3 cm³/mol. The lowest BCUT2D eigenvalue weighted by molar-refractivity contribution is 0.134. The van der Waals surface area contributed by atoms with Gasteiger partial charge < -0.3 is 15.5 Å². The Hall–Kier alpha value is -0.900.